The second-order valence-corrected chi connectivity index (χ2v) is 17.1. The Balaban J connectivity index is 1.11. The molecule has 8 atom stereocenters. The molecule has 5 aliphatic rings. The van der Waals surface area contributed by atoms with E-state index in [0.717, 1.165) is 67.9 Å². The molecule has 49 heavy (non-hydrogen) atoms. The van der Waals surface area contributed by atoms with Gasteiger partial charge in [0.05, 0.1) is 59.4 Å². The van der Waals surface area contributed by atoms with Gasteiger partial charge >= 0.3 is 5.97 Å². The van der Waals surface area contributed by atoms with Gasteiger partial charge < -0.3 is 29.0 Å². The van der Waals surface area contributed by atoms with Crippen molar-refractivity contribution in [1.82, 2.24) is 10.2 Å². The molecule has 0 spiro atoms. The first-order valence-electron chi connectivity index (χ1n) is 20.3. The fourth-order valence-electron chi connectivity index (χ4n) is 10.9. The molecular weight excluding hydrogens is 616 g/mol. The van der Waals surface area contributed by atoms with E-state index in [1.165, 1.54) is 51.4 Å². The third-order valence-electron chi connectivity index (χ3n) is 13.6. The maximum absolute atomic E-state index is 13.3. The molecule has 1 aliphatic heterocycles. The molecule has 1 N–H and O–H groups in total. The molecule has 0 unspecified atom stereocenters. The van der Waals surface area contributed by atoms with Gasteiger partial charge in [0, 0.05) is 32.6 Å². The van der Waals surface area contributed by atoms with E-state index in [1.807, 2.05) is 0 Å². The number of carbonyl (C=O) groups excluding carboxylic acids is 1. The average Bonchev–Trinajstić information content (AvgIpc) is 3.43. The maximum atomic E-state index is 13.3. The lowest BCUT2D eigenvalue weighted by molar-refractivity contribution is -0.153. The lowest BCUT2D eigenvalue weighted by atomic mass is 9.47. The molecule has 0 aromatic rings. The zero-order valence-corrected chi connectivity index (χ0v) is 32.0. The summed E-state index contributed by atoms with van der Waals surface area (Å²) in [5, 5.41) is 3.30. The van der Waals surface area contributed by atoms with E-state index in [2.05, 4.69) is 50.9 Å². The Kier molecular flexibility index (Phi) is 15.3. The van der Waals surface area contributed by atoms with Crippen LogP contribution in [0.5, 0.6) is 0 Å². The molecule has 1 heterocycles. The molecule has 1 saturated heterocycles. The maximum Gasteiger partial charge on any atom is 0.320 e. The van der Waals surface area contributed by atoms with Crippen molar-refractivity contribution in [2.24, 2.45) is 46.3 Å². The molecule has 0 radical (unpaired) electrons. The zero-order valence-electron chi connectivity index (χ0n) is 32.0. The highest BCUT2D eigenvalue weighted by Crippen LogP contribution is 2.67. The summed E-state index contributed by atoms with van der Waals surface area (Å²) < 4.78 is 29.1. The lowest BCUT2D eigenvalue weighted by Crippen LogP contribution is -2.51. The molecule has 4 aliphatic carbocycles. The molecule has 0 bridgehead atoms. The van der Waals surface area contributed by atoms with Crippen molar-refractivity contribution in [2.75, 3.05) is 85.6 Å². The van der Waals surface area contributed by atoms with E-state index in [1.54, 1.807) is 5.57 Å². The first-order chi connectivity index (χ1) is 23.7. The highest BCUT2D eigenvalue weighted by molar-refractivity contribution is 5.72. The molecule has 4 fully saturated rings. The zero-order chi connectivity index (χ0) is 34.7. The van der Waals surface area contributed by atoms with Crippen LogP contribution >= 0.6 is 0 Å². The van der Waals surface area contributed by atoms with Gasteiger partial charge in [-0.3, -0.25) is 9.69 Å². The van der Waals surface area contributed by atoms with Gasteiger partial charge in [-0.25, -0.2) is 0 Å². The quantitative estimate of drug-likeness (QED) is 0.218. The minimum absolute atomic E-state index is 0.0171. The van der Waals surface area contributed by atoms with Crippen LogP contribution in [0.15, 0.2) is 11.6 Å². The van der Waals surface area contributed by atoms with E-state index in [4.69, 9.17) is 23.7 Å². The molecule has 8 nitrogen and oxygen atoms in total. The van der Waals surface area contributed by atoms with Crippen LogP contribution in [0.2, 0.25) is 0 Å². The number of rotatable bonds is 8. The first-order valence-corrected chi connectivity index (χ1v) is 20.3. The summed E-state index contributed by atoms with van der Waals surface area (Å²) in [6, 6.07) is 0. The van der Waals surface area contributed by atoms with Crippen LogP contribution in [0.25, 0.3) is 0 Å². The van der Waals surface area contributed by atoms with Crippen LogP contribution < -0.4 is 5.32 Å². The van der Waals surface area contributed by atoms with Crippen LogP contribution in [0, 0.1) is 46.3 Å². The largest absolute Gasteiger partial charge is 0.461 e. The second-order valence-electron chi connectivity index (χ2n) is 17.1. The van der Waals surface area contributed by atoms with Gasteiger partial charge in [0.25, 0.3) is 0 Å². The standard InChI is InChI=1S/C41H72N2O6/c1-31(2)7-6-8-32(3)36-11-12-37-35-10-9-33-29-34(13-15-40(33,4)38(35)14-16-41(36,37)5)49-39(44)30-43-19-23-47-27-25-45-21-17-42-18-22-46-26-28-48-24-20-43/h9,31-32,34-38,42H,6-8,10-30H2,1-5H3/t32-,34+,35+,36-,37+,38+,40+,41-/m1/s1. The summed E-state index contributed by atoms with van der Waals surface area (Å²) in [6.45, 7) is 20.4. The van der Waals surface area contributed by atoms with Gasteiger partial charge in [-0.15, -0.1) is 0 Å². The Labute approximate surface area is 299 Å². The topological polar surface area (TPSA) is 78.5 Å². The Morgan fingerprint density at radius 3 is 2.20 bits per heavy atom. The summed E-state index contributed by atoms with van der Waals surface area (Å²) in [6.07, 6.45) is 16.7. The number of esters is 1. The third kappa shape index (κ3) is 10.5. The molecule has 0 aromatic carbocycles. The van der Waals surface area contributed by atoms with Crippen LogP contribution in [0.4, 0.5) is 0 Å². The summed E-state index contributed by atoms with van der Waals surface area (Å²) >= 11 is 0. The van der Waals surface area contributed by atoms with Crippen molar-refractivity contribution >= 4 is 5.97 Å². The number of hydrogen-bond acceptors (Lipinski definition) is 8. The lowest BCUT2D eigenvalue weighted by Gasteiger charge is -2.58. The highest BCUT2D eigenvalue weighted by atomic mass is 16.5. The van der Waals surface area contributed by atoms with Crippen molar-refractivity contribution in [3.05, 3.63) is 11.6 Å². The van der Waals surface area contributed by atoms with E-state index < -0.39 is 0 Å². The van der Waals surface area contributed by atoms with E-state index >= 15 is 0 Å². The molecule has 0 aromatic heterocycles. The first kappa shape index (κ1) is 39.2. The molecule has 5 rings (SSSR count). The van der Waals surface area contributed by atoms with Crippen LogP contribution in [0.3, 0.4) is 0 Å². The van der Waals surface area contributed by atoms with Crippen molar-refractivity contribution in [3.8, 4) is 0 Å². The monoisotopic (exact) mass is 689 g/mol. The Morgan fingerprint density at radius 2 is 1.53 bits per heavy atom. The molecule has 0 amide bonds. The molecule has 282 valence electrons. The van der Waals surface area contributed by atoms with E-state index in [0.29, 0.717) is 71.4 Å². The fourth-order valence-corrected chi connectivity index (χ4v) is 10.9. The van der Waals surface area contributed by atoms with Crippen molar-refractivity contribution < 1.29 is 28.5 Å². The Morgan fingerprint density at radius 1 is 0.857 bits per heavy atom. The van der Waals surface area contributed by atoms with Gasteiger partial charge in [-0.1, -0.05) is 65.5 Å². The van der Waals surface area contributed by atoms with E-state index in [9.17, 15) is 4.79 Å². The summed E-state index contributed by atoms with van der Waals surface area (Å²) in [4.78, 5) is 15.4. The number of carbonyl (C=O) groups is 1. The van der Waals surface area contributed by atoms with Crippen LogP contribution in [-0.2, 0) is 28.5 Å². The number of nitrogens with zero attached hydrogens (tertiary/aromatic N) is 1. The summed E-state index contributed by atoms with van der Waals surface area (Å²) in [7, 11) is 0. The van der Waals surface area contributed by atoms with Gasteiger partial charge in [0.1, 0.15) is 6.10 Å². The SMILES string of the molecule is CC(C)CCC[C@@H](C)[C@H]1CC[C@H]2[C@@H]3CC=C4C[C@@H](OC(=O)CN5CCOCCOCCNCCOCCOCC5)CC[C@]4(C)[C@H]3CC[C@]12C. The highest BCUT2D eigenvalue weighted by Gasteiger charge is 2.59. The van der Waals surface area contributed by atoms with Gasteiger partial charge in [-0.05, 0) is 91.3 Å². The van der Waals surface area contributed by atoms with Gasteiger partial charge in [0.15, 0.2) is 0 Å². The summed E-state index contributed by atoms with van der Waals surface area (Å²) in [5.74, 6) is 4.91. The number of fused-ring (bicyclic) bond motifs is 5. The molecule has 3 saturated carbocycles. The number of hydrogen-bond donors (Lipinski definition) is 1. The van der Waals surface area contributed by atoms with E-state index in [-0.39, 0.29) is 24.0 Å². The van der Waals surface area contributed by atoms with Crippen LogP contribution in [0.1, 0.15) is 105 Å². The minimum Gasteiger partial charge on any atom is -0.461 e. The Bertz CT molecular complexity index is 1020. The number of allylic oxidation sites excluding steroid dienone is 1. The smallest absolute Gasteiger partial charge is 0.320 e. The Hall–Kier alpha value is -1.03. The van der Waals surface area contributed by atoms with Crippen LogP contribution in [-0.4, -0.2) is 103 Å². The number of nitrogens with one attached hydrogen (secondary N) is 1. The molecular formula is C41H72N2O6. The predicted octanol–water partition coefficient (Wildman–Crippen LogP) is 6.91. The third-order valence-corrected chi connectivity index (χ3v) is 13.6. The van der Waals surface area contributed by atoms with Crippen molar-refractivity contribution in [2.45, 2.75) is 111 Å². The number of ether oxygens (including phenoxy) is 5. The predicted molar refractivity (Wildman–Crippen MR) is 196 cm³/mol. The second kappa shape index (κ2) is 19.2. The average molecular weight is 689 g/mol. The van der Waals surface area contributed by atoms with Crippen molar-refractivity contribution in [3.63, 3.8) is 0 Å². The van der Waals surface area contributed by atoms with Gasteiger partial charge in [-0.2, -0.15) is 0 Å². The fraction of sp³-hybridized carbons (Fsp3) is 0.927. The van der Waals surface area contributed by atoms with Crippen molar-refractivity contribution in [1.29, 1.82) is 0 Å². The normalized spacial score (nSPS) is 36.8. The molecule has 8 heteroatoms. The summed E-state index contributed by atoms with van der Waals surface area (Å²) in [5.41, 5.74) is 2.36. The minimum atomic E-state index is -0.128. The van der Waals surface area contributed by atoms with Gasteiger partial charge in [0.2, 0.25) is 0 Å².